The summed E-state index contributed by atoms with van der Waals surface area (Å²) in [4.78, 5) is 6.44. The van der Waals surface area contributed by atoms with Gasteiger partial charge in [0.05, 0.1) is 12.2 Å². The van der Waals surface area contributed by atoms with E-state index in [0.29, 0.717) is 6.04 Å². The zero-order valence-corrected chi connectivity index (χ0v) is 15.0. The molecule has 2 rings (SSSR count). The van der Waals surface area contributed by atoms with Gasteiger partial charge in [0.15, 0.2) is 5.96 Å². The molecule has 0 radical (unpaired) electrons. The van der Waals surface area contributed by atoms with Crippen LogP contribution in [-0.4, -0.2) is 54.4 Å². The first-order chi connectivity index (χ1) is 9.10. The van der Waals surface area contributed by atoms with Crippen molar-refractivity contribution in [3.63, 3.8) is 0 Å². The third-order valence-corrected chi connectivity index (χ3v) is 3.34. The van der Waals surface area contributed by atoms with Gasteiger partial charge in [-0.25, -0.2) is 0 Å². The molecule has 0 aromatic carbocycles. The number of aromatic nitrogens is 2. The van der Waals surface area contributed by atoms with Crippen LogP contribution in [-0.2, 0) is 7.05 Å². The largest absolute Gasteiger partial charge is 0.354 e. The molecule has 2 N–H and O–H groups in total. The predicted octanol–water partition coefficient (Wildman–Crippen LogP) is 0.968. The average Bonchev–Trinajstić information content (AvgIpc) is 3.09. The molecule has 1 aromatic rings. The maximum Gasteiger partial charge on any atom is 0.191 e. The van der Waals surface area contributed by atoms with Crippen molar-refractivity contribution < 1.29 is 0 Å². The van der Waals surface area contributed by atoms with E-state index in [4.69, 9.17) is 0 Å². The van der Waals surface area contributed by atoms with Crippen LogP contribution in [0.1, 0.15) is 24.4 Å². The van der Waals surface area contributed by atoms with Gasteiger partial charge in [-0.1, -0.05) is 0 Å². The first kappa shape index (κ1) is 17.2. The fraction of sp³-hybridized carbons (Fsp3) is 0.692. The number of hydrogen-bond donors (Lipinski definition) is 2. The lowest BCUT2D eigenvalue weighted by Crippen LogP contribution is -2.42. The molecule has 0 bridgehead atoms. The standard InChI is InChI=1S/C13H24N6.HI/c1-14-13(17-11-5-6-11)15-8-12(18(2)3)10-7-16-19(4)9-10;/h7,9,11-12H,5-6,8H2,1-4H3,(H2,14,15,17);1H. The van der Waals surface area contributed by atoms with Gasteiger partial charge in [0, 0.05) is 38.4 Å². The van der Waals surface area contributed by atoms with Crippen LogP contribution in [0.25, 0.3) is 0 Å². The van der Waals surface area contributed by atoms with E-state index in [2.05, 4.69) is 45.9 Å². The number of aryl methyl sites for hydroxylation is 1. The molecule has 20 heavy (non-hydrogen) atoms. The summed E-state index contributed by atoms with van der Waals surface area (Å²) >= 11 is 0. The summed E-state index contributed by atoms with van der Waals surface area (Å²) in [6, 6.07) is 0.897. The quantitative estimate of drug-likeness (QED) is 0.446. The Morgan fingerprint density at radius 2 is 2.25 bits per heavy atom. The second kappa shape index (κ2) is 7.82. The summed E-state index contributed by atoms with van der Waals surface area (Å²) in [5.41, 5.74) is 1.21. The fourth-order valence-corrected chi connectivity index (χ4v) is 2.02. The number of rotatable bonds is 5. The average molecular weight is 392 g/mol. The molecule has 1 heterocycles. The number of likely N-dealkylation sites (N-methyl/N-ethyl adjacent to an activating group) is 1. The Morgan fingerprint density at radius 1 is 1.55 bits per heavy atom. The number of halogens is 1. The lowest BCUT2D eigenvalue weighted by molar-refractivity contribution is 0.298. The molecule has 114 valence electrons. The van der Waals surface area contributed by atoms with Gasteiger partial charge in [0.25, 0.3) is 0 Å². The first-order valence-corrected chi connectivity index (χ1v) is 6.72. The third-order valence-electron chi connectivity index (χ3n) is 3.34. The minimum atomic E-state index is 0. The highest BCUT2D eigenvalue weighted by atomic mass is 127. The lowest BCUT2D eigenvalue weighted by atomic mass is 10.1. The summed E-state index contributed by atoms with van der Waals surface area (Å²) in [5, 5.41) is 11.0. The highest BCUT2D eigenvalue weighted by Gasteiger charge is 2.23. The maximum absolute atomic E-state index is 4.25. The Bertz CT molecular complexity index is 438. The van der Waals surface area contributed by atoms with E-state index < -0.39 is 0 Å². The van der Waals surface area contributed by atoms with E-state index in [9.17, 15) is 0 Å². The van der Waals surface area contributed by atoms with Crippen molar-refractivity contribution in [2.24, 2.45) is 12.0 Å². The number of nitrogens with one attached hydrogen (secondary N) is 2. The maximum atomic E-state index is 4.25. The molecule has 0 spiro atoms. The van der Waals surface area contributed by atoms with Crippen LogP contribution >= 0.6 is 24.0 Å². The molecule has 0 saturated heterocycles. The molecule has 7 heteroatoms. The highest BCUT2D eigenvalue weighted by Crippen LogP contribution is 2.19. The van der Waals surface area contributed by atoms with Crippen molar-refractivity contribution in [2.45, 2.75) is 24.9 Å². The zero-order valence-electron chi connectivity index (χ0n) is 12.6. The fourth-order valence-electron chi connectivity index (χ4n) is 2.02. The van der Waals surface area contributed by atoms with E-state index >= 15 is 0 Å². The lowest BCUT2D eigenvalue weighted by Gasteiger charge is -2.24. The summed E-state index contributed by atoms with van der Waals surface area (Å²) in [6.07, 6.45) is 6.48. The Hall–Kier alpha value is -0.830. The van der Waals surface area contributed by atoms with Gasteiger partial charge in [0.2, 0.25) is 0 Å². The van der Waals surface area contributed by atoms with Crippen LogP contribution in [0.3, 0.4) is 0 Å². The molecule has 0 aliphatic heterocycles. The Labute approximate surface area is 138 Å². The Balaban J connectivity index is 0.00000200. The minimum absolute atomic E-state index is 0. The van der Waals surface area contributed by atoms with Crippen molar-refractivity contribution in [1.29, 1.82) is 0 Å². The smallest absolute Gasteiger partial charge is 0.191 e. The predicted molar refractivity (Wildman–Crippen MR) is 92.6 cm³/mol. The molecule has 6 nitrogen and oxygen atoms in total. The first-order valence-electron chi connectivity index (χ1n) is 6.72. The molecule has 1 aromatic heterocycles. The van der Waals surface area contributed by atoms with Gasteiger partial charge in [-0.05, 0) is 26.9 Å². The molecule has 1 fully saturated rings. The van der Waals surface area contributed by atoms with E-state index in [1.54, 1.807) is 0 Å². The van der Waals surface area contributed by atoms with Gasteiger partial charge in [-0.15, -0.1) is 24.0 Å². The molecule has 1 atom stereocenters. The van der Waals surface area contributed by atoms with Gasteiger partial charge >= 0.3 is 0 Å². The summed E-state index contributed by atoms with van der Waals surface area (Å²) in [5.74, 6) is 0.887. The van der Waals surface area contributed by atoms with Crippen molar-refractivity contribution in [3.8, 4) is 0 Å². The van der Waals surface area contributed by atoms with Crippen LogP contribution < -0.4 is 10.6 Å². The van der Waals surface area contributed by atoms with Crippen LogP contribution in [0.15, 0.2) is 17.4 Å². The normalized spacial score (nSPS) is 16.8. The van der Waals surface area contributed by atoms with Crippen molar-refractivity contribution in [2.75, 3.05) is 27.7 Å². The highest BCUT2D eigenvalue weighted by molar-refractivity contribution is 14.0. The summed E-state index contributed by atoms with van der Waals surface area (Å²) < 4.78 is 1.84. The van der Waals surface area contributed by atoms with Crippen molar-refractivity contribution >= 4 is 29.9 Å². The van der Waals surface area contributed by atoms with Gasteiger partial charge < -0.3 is 15.5 Å². The van der Waals surface area contributed by atoms with E-state index in [0.717, 1.165) is 12.5 Å². The molecule has 0 amide bonds. The minimum Gasteiger partial charge on any atom is -0.354 e. The monoisotopic (exact) mass is 392 g/mol. The van der Waals surface area contributed by atoms with Crippen LogP contribution in [0, 0.1) is 0 Å². The topological polar surface area (TPSA) is 57.5 Å². The zero-order chi connectivity index (χ0) is 13.8. The molecule has 1 saturated carbocycles. The van der Waals surface area contributed by atoms with Crippen LogP contribution in [0.5, 0.6) is 0 Å². The summed E-state index contributed by atoms with van der Waals surface area (Å²) in [7, 11) is 7.91. The van der Waals surface area contributed by atoms with Crippen molar-refractivity contribution in [3.05, 3.63) is 18.0 Å². The van der Waals surface area contributed by atoms with E-state index in [-0.39, 0.29) is 30.0 Å². The second-order valence-corrected chi connectivity index (χ2v) is 5.30. The van der Waals surface area contributed by atoms with Crippen molar-refractivity contribution in [1.82, 2.24) is 25.3 Å². The van der Waals surface area contributed by atoms with E-state index in [1.165, 1.54) is 18.4 Å². The number of nitrogens with zero attached hydrogens (tertiary/aromatic N) is 4. The SMILES string of the molecule is CN=C(NCC(c1cnn(C)c1)N(C)C)NC1CC1.I. The third kappa shape index (κ3) is 4.93. The molecular weight excluding hydrogens is 367 g/mol. The Kier molecular flexibility index (Phi) is 6.74. The number of hydrogen-bond acceptors (Lipinski definition) is 3. The van der Waals surface area contributed by atoms with E-state index in [1.807, 2.05) is 25.0 Å². The summed E-state index contributed by atoms with van der Waals surface area (Å²) in [6.45, 7) is 0.811. The molecule has 1 aliphatic rings. The molecular formula is C13H25IN6. The van der Waals surface area contributed by atoms with Crippen LogP contribution in [0.4, 0.5) is 0 Å². The number of guanidine groups is 1. The Morgan fingerprint density at radius 3 is 2.70 bits per heavy atom. The van der Waals surface area contributed by atoms with Gasteiger partial charge in [-0.3, -0.25) is 9.67 Å². The molecule has 1 aliphatic carbocycles. The molecule has 1 unspecified atom stereocenters. The van der Waals surface area contributed by atoms with Gasteiger partial charge in [0.1, 0.15) is 0 Å². The number of aliphatic imine (C=N–C) groups is 1. The second-order valence-electron chi connectivity index (χ2n) is 5.30. The van der Waals surface area contributed by atoms with Crippen LogP contribution in [0.2, 0.25) is 0 Å². The van der Waals surface area contributed by atoms with Gasteiger partial charge in [-0.2, -0.15) is 5.10 Å².